The Morgan fingerprint density at radius 3 is 3.05 bits per heavy atom. The standard InChI is InChI=1S/C12H15N5O2/c1-17-6-7(10-11(18)14-4-3-13-10)9-8(17)5-15-12(16-9)19-2/h5-6,10,13H,3-4H2,1-2H3,(H,14,18). The van der Waals surface area contributed by atoms with Gasteiger partial charge in [0.05, 0.1) is 18.8 Å². The molecule has 2 aromatic heterocycles. The van der Waals surface area contributed by atoms with Gasteiger partial charge in [0.15, 0.2) is 0 Å². The second kappa shape index (κ2) is 4.51. The smallest absolute Gasteiger partial charge is 0.316 e. The molecule has 7 nitrogen and oxygen atoms in total. The summed E-state index contributed by atoms with van der Waals surface area (Å²) in [7, 11) is 3.43. The quantitative estimate of drug-likeness (QED) is 0.778. The molecule has 3 rings (SSSR count). The molecule has 100 valence electrons. The van der Waals surface area contributed by atoms with E-state index in [1.165, 1.54) is 7.11 Å². The molecule has 1 aliphatic rings. The summed E-state index contributed by atoms with van der Waals surface area (Å²) in [6.45, 7) is 1.40. The molecule has 0 bridgehead atoms. The Labute approximate surface area is 110 Å². The van der Waals surface area contributed by atoms with E-state index in [1.807, 2.05) is 17.8 Å². The van der Waals surface area contributed by atoms with Gasteiger partial charge in [-0.3, -0.25) is 4.79 Å². The van der Waals surface area contributed by atoms with Crippen molar-refractivity contribution in [3.63, 3.8) is 0 Å². The predicted molar refractivity (Wildman–Crippen MR) is 68.8 cm³/mol. The molecule has 2 aromatic rings. The minimum absolute atomic E-state index is 0.0312. The molecule has 1 aliphatic heterocycles. The van der Waals surface area contributed by atoms with Crippen LogP contribution in [0.3, 0.4) is 0 Å². The zero-order valence-electron chi connectivity index (χ0n) is 10.8. The van der Waals surface area contributed by atoms with Crippen LogP contribution in [0.25, 0.3) is 11.0 Å². The number of nitrogens with zero attached hydrogens (tertiary/aromatic N) is 3. The number of amides is 1. The molecule has 1 atom stereocenters. The fraction of sp³-hybridized carbons (Fsp3) is 0.417. The van der Waals surface area contributed by atoms with Gasteiger partial charge in [-0.1, -0.05) is 0 Å². The third-order valence-electron chi connectivity index (χ3n) is 3.26. The Kier molecular flexibility index (Phi) is 2.83. The van der Waals surface area contributed by atoms with Gasteiger partial charge in [-0.25, -0.2) is 4.98 Å². The average molecular weight is 261 g/mol. The van der Waals surface area contributed by atoms with Gasteiger partial charge in [-0.15, -0.1) is 0 Å². The van der Waals surface area contributed by atoms with E-state index in [0.29, 0.717) is 12.6 Å². The number of ether oxygens (including phenoxy) is 1. The lowest BCUT2D eigenvalue weighted by Gasteiger charge is -2.22. The molecular formula is C12H15N5O2. The molecule has 1 saturated heterocycles. The highest BCUT2D eigenvalue weighted by Gasteiger charge is 2.27. The van der Waals surface area contributed by atoms with Crippen molar-refractivity contribution in [2.24, 2.45) is 7.05 Å². The number of piperazine rings is 1. The van der Waals surface area contributed by atoms with Crippen molar-refractivity contribution in [2.45, 2.75) is 6.04 Å². The van der Waals surface area contributed by atoms with E-state index in [9.17, 15) is 4.79 Å². The van der Waals surface area contributed by atoms with Crippen molar-refractivity contribution in [1.29, 1.82) is 0 Å². The fourth-order valence-corrected chi connectivity index (χ4v) is 2.33. The number of aryl methyl sites for hydroxylation is 1. The van der Waals surface area contributed by atoms with E-state index in [1.54, 1.807) is 6.20 Å². The predicted octanol–water partition coefficient (Wildman–Crippen LogP) is -0.263. The highest BCUT2D eigenvalue weighted by Crippen LogP contribution is 2.26. The summed E-state index contributed by atoms with van der Waals surface area (Å²) in [5.74, 6) is -0.0312. The summed E-state index contributed by atoms with van der Waals surface area (Å²) >= 11 is 0. The normalized spacial score (nSPS) is 19.5. The first-order valence-corrected chi connectivity index (χ1v) is 6.08. The first-order chi connectivity index (χ1) is 9.20. The molecule has 19 heavy (non-hydrogen) atoms. The SMILES string of the molecule is COc1ncc2c(n1)c(C1NCCNC1=O)cn2C. The zero-order valence-corrected chi connectivity index (χ0v) is 10.8. The van der Waals surface area contributed by atoms with Crippen LogP contribution in [0.4, 0.5) is 0 Å². The lowest BCUT2D eigenvalue weighted by Crippen LogP contribution is -2.47. The molecule has 1 amide bonds. The zero-order chi connectivity index (χ0) is 13.4. The first-order valence-electron chi connectivity index (χ1n) is 6.08. The first kappa shape index (κ1) is 11.9. The Hall–Kier alpha value is -2.15. The molecule has 3 heterocycles. The van der Waals surface area contributed by atoms with Gasteiger partial charge in [-0.05, 0) is 0 Å². The van der Waals surface area contributed by atoms with Crippen LogP contribution in [-0.2, 0) is 11.8 Å². The van der Waals surface area contributed by atoms with E-state index < -0.39 is 0 Å². The number of nitrogens with one attached hydrogen (secondary N) is 2. The lowest BCUT2D eigenvalue weighted by atomic mass is 10.1. The van der Waals surface area contributed by atoms with Crippen molar-refractivity contribution < 1.29 is 9.53 Å². The molecule has 0 radical (unpaired) electrons. The summed E-state index contributed by atoms with van der Waals surface area (Å²) in [5, 5.41) is 6.05. The molecular weight excluding hydrogens is 246 g/mol. The van der Waals surface area contributed by atoms with Crippen LogP contribution in [0.15, 0.2) is 12.4 Å². The van der Waals surface area contributed by atoms with Crippen molar-refractivity contribution in [2.75, 3.05) is 20.2 Å². The molecule has 1 fully saturated rings. The summed E-state index contributed by atoms with van der Waals surface area (Å²) in [5.41, 5.74) is 2.45. The van der Waals surface area contributed by atoms with Gasteiger partial charge >= 0.3 is 6.01 Å². The summed E-state index contributed by atoms with van der Waals surface area (Å²) in [6, 6.07) is -0.0757. The number of rotatable bonds is 2. The van der Waals surface area contributed by atoms with Crippen LogP contribution in [0, 0.1) is 0 Å². The van der Waals surface area contributed by atoms with Crippen LogP contribution in [-0.4, -0.2) is 40.6 Å². The van der Waals surface area contributed by atoms with E-state index in [4.69, 9.17) is 4.74 Å². The fourth-order valence-electron chi connectivity index (χ4n) is 2.33. The Morgan fingerprint density at radius 1 is 1.47 bits per heavy atom. The van der Waals surface area contributed by atoms with Gasteiger partial charge in [0.25, 0.3) is 0 Å². The molecule has 0 spiro atoms. The average Bonchev–Trinajstić information content (AvgIpc) is 2.76. The molecule has 2 N–H and O–H groups in total. The van der Waals surface area contributed by atoms with Crippen LogP contribution < -0.4 is 15.4 Å². The maximum atomic E-state index is 11.9. The summed E-state index contributed by atoms with van der Waals surface area (Å²) in [4.78, 5) is 20.4. The maximum absolute atomic E-state index is 11.9. The number of aromatic nitrogens is 3. The van der Waals surface area contributed by atoms with Gasteiger partial charge in [0.1, 0.15) is 11.6 Å². The Balaban J connectivity index is 2.14. The molecule has 7 heteroatoms. The monoisotopic (exact) mass is 261 g/mol. The molecule has 0 aromatic carbocycles. The van der Waals surface area contributed by atoms with Crippen molar-refractivity contribution in [3.8, 4) is 6.01 Å². The summed E-state index contributed by atoms with van der Waals surface area (Å²) < 4.78 is 6.96. The van der Waals surface area contributed by atoms with E-state index in [0.717, 1.165) is 23.1 Å². The van der Waals surface area contributed by atoms with Gasteiger partial charge < -0.3 is 19.9 Å². The number of carbonyl (C=O) groups excluding carboxylic acids is 1. The largest absolute Gasteiger partial charge is 0.467 e. The highest BCUT2D eigenvalue weighted by molar-refractivity contribution is 5.90. The third-order valence-corrected chi connectivity index (χ3v) is 3.26. The second-order valence-corrected chi connectivity index (χ2v) is 4.46. The van der Waals surface area contributed by atoms with Crippen molar-refractivity contribution in [3.05, 3.63) is 18.0 Å². The van der Waals surface area contributed by atoms with E-state index >= 15 is 0 Å². The molecule has 0 aliphatic carbocycles. The Bertz CT molecular complexity index is 636. The molecule has 1 unspecified atom stereocenters. The number of fused-ring (bicyclic) bond motifs is 1. The number of carbonyl (C=O) groups is 1. The molecule has 0 saturated carbocycles. The van der Waals surface area contributed by atoms with Crippen LogP contribution in [0.5, 0.6) is 6.01 Å². The maximum Gasteiger partial charge on any atom is 0.316 e. The second-order valence-electron chi connectivity index (χ2n) is 4.46. The van der Waals surface area contributed by atoms with Crippen LogP contribution in [0.2, 0.25) is 0 Å². The van der Waals surface area contributed by atoms with Crippen molar-refractivity contribution >= 4 is 16.9 Å². The topological polar surface area (TPSA) is 81.1 Å². The number of methoxy groups -OCH3 is 1. The van der Waals surface area contributed by atoms with Gasteiger partial charge in [0.2, 0.25) is 5.91 Å². The summed E-state index contributed by atoms with van der Waals surface area (Å²) in [6.07, 6.45) is 3.60. The Morgan fingerprint density at radius 2 is 2.32 bits per heavy atom. The third kappa shape index (κ3) is 1.91. The van der Waals surface area contributed by atoms with Gasteiger partial charge in [0, 0.05) is 31.9 Å². The van der Waals surface area contributed by atoms with Crippen molar-refractivity contribution in [1.82, 2.24) is 25.2 Å². The van der Waals surface area contributed by atoms with Crippen LogP contribution in [0.1, 0.15) is 11.6 Å². The highest BCUT2D eigenvalue weighted by atomic mass is 16.5. The van der Waals surface area contributed by atoms with E-state index in [-0.39, 0.29) is 11.9 Å². The number of hydrogen-bond donors (Lipinski definition) is 2. The lowest BCUT2D eigenvalue weighted by molar-refractivity contribution is -0.124. The van der Waals surface area contributed by atoms with Gasteiger partial charge in [-0.2, -0.15) is 4.98 Å². The van der Waals surface area contributed by atoms with Crippen LogP contribution >= 0.6 is 0 Å². The number of hydrogen-bond acceptors (Lipinski definition) is 5. The minimum Gasteiger partial charge on any atom is -0.467 e. The van der Waals surface area contributed by atoms with E-state index in [2.05, 4.69) is 20.6 Å². The minimum atomic E-state index is -0.378.